The Morgan fingerprint density at radius 3 is 2.50 bits per heavy atom. The standard InChI is InChI=1S/C22H26N2O4S2/c25-22(20-7-1-2-8-21(20)29-16-18-6-5-15-28-18)23-17-9-11-19(12-10-17)30(26,27)24-13-3-4-14-24/h1-2,7-12,18H,3-6,13-16H2,(H,23,25)/t18-/m0/s1. The van der Waals surface area contributed by atoms with Crippen LogP contribution in [0.3, 0.4) is 0 Å². The first-order valence-electron chi connectivity index (χ1n) is 10.3. The Hall–Kier alpha value is -1.87. The number of carbonyl (C=O) groups is 1. The molecule has 0 radical (unpaired) electrons. The van der Waals surface area contributed by atoms with E-state index in [4.69, 9.17) is 4.74 Å². The molecule has 1 N–H and O–H groups in total. The summed E-state index contributed by atoms with van der Waals surface area (Å²) >= 11 is 1.63. The highest BCUT2D eigenvalue weighted by Crippen LogP contribution is 2.28. The lowest BCUT2D eigenvalue weighted by Crippen LogP contribution is -2.27. The minimum absolute atomic E-state index is 0.208. The van der Waals surface area contributed by atoms with Crippen LogP contribution in [0.2, 0.25) is 0 Å². The maximum atomic E-state index is 12.8. The number of sulfonamides is 1. The third-order valence-electron chi connectivity index (χ3n) is 5.40. The zero-order valence-corrected chi connectivity index (χ0v) is 18.4. The van der Waals surface area contributed by atoms with Gasteiger partial charge in [-0.1, -0.05) is 12.1 Å². The molecule has 2 aromatic rings. The molecule has 0 unspecified atom stereocenters. The van der Waals surface area contributed by atoms with E-state index in [0.717, 1.165) is 42.9 Å². The van der Waals surface area contributed by atoms with Crippen LogP contribution in [0.5, 0.6) is 0 Å². The van der Waals surface area contributed by atoms with Crippen molar-refractivity contribution in [2.45, 2.75) is 41.6 Å². The van der Waals surface area contributed by atoms with Crippen LogP contribution in [-0.2, 0) is 14.8 Å². The lowest BCUT2D eigenvalue weighted by Gasteiger charge is -2.16. The van der Waals surface area contributed by atoms with E-state index < -0.39 is 10.0 Å². The molecule has 0 bridgehead atoms. The predicted molar refractivity (Wildman–Crippen MR) is 119 cm³/mol. The highest BCUT2D eigenvalue weighted by Gasteiger charge is 2.27. The minimum Gasteiger partial charge on any atom is -0.377 e. The van der Waals surface area contributed by atoms with Gasteiger partial charge in [-0.05, 0) is 62.1 Å². The van der Waals surface area contributed by atoms with Gasteiger partial charge < -0.3 is 10.1 Å². The minimum atomic E-state index is -3.45. The molecule has 6 nitrogen and oxygen atoms in total. The predicted octanol–water partition coefficient (Wildman–Crippen LogP) is 3.99. The van der Waals surface area contributed by atoms with E-state index in [1.807, 2.05) is 18.2 Å². The first kappa shape index (κ1) is 21.4. The van der Waals surface area contributed by atoms with E-state index in [2.05, 4.69) is 5.32 Å². The number of amides is 1. The van der Waals surface area contributed by atoms with Crippen LogP contribution in [-0.4, -0.2) is 50.2 Å². The van der Waals surface area contributed by atoms with Crippen LogP contribution < -0.4 is 5.32 Å². The van der Waals surface area contributed by atoms with Crippen molar-refractivity contribution in [3.05, 3.63) is 54.1 Å². The zero-order valence-electron chi connectivity index (χ0n) is 16.7. The highest BCUT2D eigenvalue weighted by molar-refractivity contribution is 7.99. The summed E-state index contributed by atoms with van der Waals surface area (Å²) in [7, 11) is -3.45. The van der Waals surface area contributed by atoms with Gasteiger partial charge in [-0.15, -0.1) is 11.8 Å². The summed E-state index contributed by atoms with van der Waals surface area (Å²) < 4.78 is 32.5. The maximum Gasteiger partial charge on any atom is 0.256 e. The Morgan fingerprint density at radius 2 is 1.80 bits per heavy atom. The molecule has 4 rings (SSSR count). The highest BCUT2D eigenvalue weighted by atomic mass is 32.2. The molecule has 0 spiro atoms. The van der Waals surface area contributed by atoms with Crippen LogP contribution >= 0.6 is 11.8 Å². The number of rotatable bonds is 7. The molecule has 0 aromatic heterocycles. The average Bonchev–Trinajstić information content (AvgIpc) is 3.47. The Labute approximate surface area is 182 Å². The van der Waals surface area contributed by atoms with Crippen molar-refractivity contribution in [3.63, 3.8) is 0 Å². The monoisotopic (exact) mass is 446 g/mol. The Kier molecular flexibility index (Phi) is 6.77. The van der Waals surface area contributed by atoms with Crippen molar-refractivity contribution in [2.24, 2.45) is 0 Å². The average molecular weight is 447 g/mol. The van der Waals surface area contributed by atoms with Crippen molar-refractivity contribution in [2.75, 3.05) is 30.8 Å². The molecular formula is C22H26N2O4S2. The third-order valence-corrected chi connectivity index (χ3v) is 8.51. The van der Waals surface area contributed by atoms with Gasteiger partial charge in [0.25, 0.3) is 5.91 Å². The lowest BCUT2D eigenvalue weighted by atomic mass is 10.2. The van der Waals surface area contributed by atoms with Crippen LogP contribution in [0.15, 0.2) is 58.3 Å². The van der Waals surface area contributed by atoms with Gasteiger partial charge in [-0.2, -0.15) is 4.31 Å². The number of benzene rings is 2. The van der Waals surface area contributed by atoms with Crippen molar-refractivity contribution in [1.29, 1.82) is 0 Å². The molecule has 2 aliphatic rings. The molecule has 1 atom stereocenters. The van der Waals surface area contributed by atoms with Crippen molar-refractivity contribution >= 4 is 33.4 Å². The Balaban J connectivity index is 1.42. The van der Waals surface area contributed by atoms with Gasteiger partial charge in [0, 0.05) is 36.0 Å². The van der Waals surface area contributed by atoms with Gasteiger partial charge in [-0.25, -0.2) is 8.42 Å². The third kappa shape index (κ3) is 4.88. The first-order valence-corrected chi connectivity index (χ1v) is 12.7. The van der Waals surface area contributed by atoms with E-state index in [9.17, 15) is 13.2 Å². The van der Waals surface area contributed by atoms with Crippen molar-refractivity contribution in [3.8, 4) is 0 Å². The fourth-order valence-electron chi connectivity index (χ4n) is 3.72. The number of thioether (sulfide) groups is 1. The molecule has 2 fully saturated rings. The number of hydrogen-bond donors (Lipinski definition) is 1. The summed E-state index contributed by atoms with van der Waals surface area (Å²) in [5.41, 5.74) is 1.17. The summed E-state index contributed by atoms with van der Waals surface area (Å²) in [5.74, 6) is 0.619. The first-order chi connectivity index (χ1) is 14.5. The molecule has 30 heavy (non-hydrogen) atoms. The second-order valence-electron chi connectivity index (χ2n) is 7.53. The molecule has 2 aromatic carbocycles. The summed E-state index contributed by atoms with van der Waals surface area (Å²) in [4.78, 5) is 14.0. The van der Waals surface area contributed by atoms with Crippen LogP contribution in [0, 0.1) is 0 Å². The summed E-state index contributed by atoms with van der Waals surface area (Å²) in [6, 6.07) is 13.9. The van der Waals surface area contributed by atoms with Gasteiger partial charge >= 0.3 is 0 Å². The number of ether oxygens (including phenoxy) is 1. The number of carbonyl (C=O) groups excluding carboxylic acids is 1. The second kappa shape index (κ2) is 9.51. The summed E-state index contributed by atoms with van der Waals surface area (Å²) in [6.45, 7) is 1.96. The number of nitrogens with one attached hydrogen (secondary N) is 1. The lowest BCUT2D eigenvalue weighted by molar-refractivity contribution is 0.102. The molecule has 8 heteroatoms. The molecule has 0 aliphatic carbocycles. The van der Waals surface area contributed by atoms with Gasteiger partial charge in [0.2, 0.25) is 10.0 Å². The second-order valence-corrected chi connectivity index (χ2v) is 10.5. The number of hydrogen-bond acceptors (Lipinski definition) is 5. The fourth-order valence-corrected chi connectivity index (χ4v) is 6.36. The Morgan fingerprint density at radius 1 is 1.07 bits per heavy atom. The van der Waals surface area contributed by atoms with Crippen LogP contribution in [0.1, 0.15) is 36.0 Å². The molecule has 2 heterocycles. The van der Waals surface area contributed by atoms with Crippen molar-refractivity contribution in [1.82, 2.24) is 4.31 Å². The molecular weight excluding hydrogens is 420 g/mol. The fraction of sp³-hybridized carbons (Fsp3) is 0.409. The van der Waals surface area contributed by atoms with Gasteiger partial charge in [0.05, 0.1) is 16.6 Å². The topological polar surface area (TPSA) is 75.7 Å². The summed E-state index contributed by atoms with van der Waals surface area (Å²) in [5, 5.41) is 2.88. The van der Waals surface area contributed by atoms with E-state index in [-0.39, 0.29) is 16.9 Å². The molecule has 160 valence electrons. The van der Waals surface area contributed by atoms with Crippen LogP contribution in [0.25, 0.3) is 0 Å². The molecule has 2 saturated heterocycles. The number of nitrogens with zero attached hydrogens (tertiary/aromatic N) is 1. The zero-order chi connectivity index (χ0) is 21.0. The summed E-state index contributed by atoms with van der Waals surface area (Å²) in [6.07, 6.45) is 4.21. The van der Waals surface area contributed by atoms with E-state index in [0.29, 0.717) is 24.3 Å². The smallest absolute Gasteiger partial charge is 0.256 e. The van der Waals surface area contributed by atoms with E-state index in [1.54, 1.807) is 42.1 Å². The van der Waals surface area contributed by atoms with Gasteiger partial charge in [0.15, 0.2) is 0 Å². The van der Waals surface area contributed by atoms with E-state index >= 15 is 0 Å². The van der Waals surface area contributed by atoms with Gasteiger partial charge in [0.1, 0.15) is 0 Å². The quantitative estimate of drug-likeness (QED) is 0.651. The molecule has 1 amide bonds. The van der Waals surface area contributed by atoms with Gasteiger partial charge in [-0.3, -0.25) is 4.79 Å². The largest absolute Gasteiger partial charge is 0.377 e. The number of anilines is 1. The van der Waals surface area contributed by atoms with E-state index in [1.165, 1.54) is 4.31 Å². The van der Waals surface area contributed by atoms with Crippen molar-refractivity contribution < 1.29 is 17.9 Å². The maximum absolute atomic E-state index is 12.8. The van der Waals surface area contributed by atoms with Crippen LogP contribution in [0.4, 0.5) is 5.69 Å². The normalized spacial score (nSPS) is 19.8. The molecule has 2 aliphatic heterocycles. The SMILES string of the molecule is O=C(Nc1ccc(S(=O)(=O)N2CCCC2)cc1)c1ccccc1SC[C@@H]1CCCO1. The Bertz CT molecular complexity index is 980. The molecule has 0 saturated carbocycles.